The summed E-state index contributed by atoms with van der Waals surface area (Å²) < 4.78 is 13.2. The van der Waals surface area contributed by atoms with Crippen LogP contribution in [0.4, 0.5) is 4.39 Å². The maximum absolute atomic E-state index is 13.2. The summed E-state index contributed by atoms with van der Waals surface area (Å²) in [6.45, 7) is 0. The van der Waals surface area contributed by atoms with Gasteiger partial charge in [-0.25, -0.2) is 4.39 Å². The summed E-state index contributed by atoms with van der Waals surface area (Å²) in [4.78, 5) is 11.8. The number of carbonyl (C=O) groups excluding carboxylic acids is 1. The lowest BCUT2D eigenvalue weighted by atomic mass is 10.1. The molecular weight excluding hydrogens is 243 g/mol. The van der Waals surface area contributed by atoms with Gasteiger partial charge in [-0.1, -0.05) is 17.7 Å². The first-order valence-corrected chi connectivity index (χ1v) is 5.65. The fourth-order valence-corrected chi connectivity index (χ4v) is 1.80. The summed E-state index contributed by atoms with van der Waals surface area (Å²) in [5.41, 5.74) is 0.0626. The molecule has 5 heteroatoms. The van der Waals surface area contributed by atoms with Crippen LogP contribution in [-0.4, -0.2) is 11.9 Å². The number of nitrogens with zero attached hydrogens (tertiary/aromatic N) is 1. The normalized spacial score (nSPS) is 16.1. The number of nitrogens with one attached hydrogen (secondary N) is 1. The lowest BCUT2D eigenvalue weighted by Crippen LogP contribution is -2.35. The van der Waals surface area contributed by atoms with E-state index in [1.807, 2.05) is 6.07 Å². The summed E-state index contributed by atoms with van der Waals surface area (Å²) in [6.07, 6.45) is 1.88. The molecule has 2 rings (SSSR count). The predicted octanol–water partition coefficient (Wildman–Crippen LogP) is 2.51. The molecule has 17 heavy (non-hydrogen) atoms. The summed E-state index contributed by atoms with van der Waals surface area (Å²) in [5.74, 6) is -0.927. The highest BCUT2D eigenvalue weighted by atomic mass is 35.5. The topological polar surface area (TPSA) is 52.9 Å². The predicted molar refractivity (Wildman–Crippen MR) is 61.0 cm³/mol. The Labute approximate surface area is 103 Å². The van der Waals surface area contributed by atoms with Crippen LogP contribution in [-0.2, 0) is 0 Å². The van der Waals surface area contributed by atoms with Crippen LogP contribution in [0.15, 0.2) is 18.2 Å². The van der Waals surface area contributed by atoms with Crippen molar-refractivity contribution in [2.75, 3.05) is 0 Å². The number of rotatable bonds is 3. The van der Waals surface area contributed by atoms with Gasteiger partial charge in [-0.05, 0) is 30.9 Å². The van der Waals surface area contributed by atoms with Gasteiger partial charge in [-0.3, -0.25) is 4.79 Å². The van der Waals surface area contributed by atoms with Crippen LogP contribution in [0, 0.1) is 23.1 Å². The van der Waals surface area contributed by atoms with E-state index in [-0.39, 0.29) is 16.5 Å². The molecule has 1 aliphatic rings. The quantitative estimate of drug-likeness (QED) is 0.899. The van der Waals surface area contributed by atoms with E-state index >= 15 is 0 Å². The van der Waals surface area contributed by atoms with Crippen molar-refractivity contribution in [2.24, 2.45) is 5.92 Å². The van der Waals surface area contributed by atoms with E-state index in [2.05, 4.69) is 5.32 Å². The average molecular weight is 253 g/mol. The highest BCUT2D eigenvalue weighted by Gasteiger charge is 2.32. The van der Waals surface area contributed by atoms with Crippen molar-refractivity contribution in [2.45, 2.75) is 18.9 Å². The average Bonchev–Trinajstić information content (AvgIpc) is 3.13. The molecule has 1 aromatic rings. The molecule has 0 aliphatic heterocycles. The van der Waals surface area contributed by atoms with Gasteiger partial charge >= 0.3 is 0 Å². The molecule has 1 fully saturated rings. The van der Waals surface area contributed by atoms with Crippen LogP contribution in [0.1, 0.15) is 23.2 Å². The first kappa shape index (κ1) is 11.9. The number of benzene rings is 1. The standard InChI is InChI=1S/C12H10ClFN2O/c13-11-8(2-1-3-9(11)14)12(17)16-10(6-15)7-4-5-7/h1-3,7,10H,4-5H2,(H,16,17)/t10-/m0/s1. The van der Waals surface area contributed by atoms with Gasteiger partial charge in [0.1, 0.15) is 11.9 Å². The van der Waals surface area contributed by atoms with Crippen molar-refractivity contribution < 1.29 is 9.18 Å². The van der Waals surface area contributed by atoms with Crippen molar-refractivity contribution in [3.05, 3.63) is 34.6 Å². The summed E-state index contributed by atoms with van der Waals surface area (Å²) in [6, 6.07) is 5.54. The molecule has 0 radical (unpaired) electrons. The number of nitriles is 1. The first-order chi connectivity index (χ1) is 8.13. The number of halogens is 2. The second-order valence-electron chi connectivity index (χ2n) is 4.02. The van der Waals surface area contributed by atoms with Gasteiger partial charge in [-0.15, -0.1) is 0 Å². The molecular formula is C12H10ClFN2O. The molecule has 0 unspecified atom stereocenters. The number of amides is 1. The zero-order valence-electron chi connectivity index (χ0n) is 8.91. The van der Waals surface area contributed by atoms with Gasteiger partial charge < -0.3 is 5.32 Å². The summed E-state index contributed by atoms with van der Waals surface area (Å²) in [7, 11) is 0. The minimum absolute atomic E-state index is 0.0626. The number of hydrogen-bond acceptors (Lipinski definition) is 2. The van der Waals surface area contributed by atoms with E-state index in [1.165, 1.54) is 18.2 Å². The Kier molecular flexibility index (Phi) is 3.30. The third kappa shape index (κ3) is 2.56. The fraction of sp³-hybridized carbons (Fsp3) is 0.333. The van der Waals surface area contributed by atoms with Crippen LogP contribution in [0.5, 0.6) is 0 Å². The van der Waals surface area contributed by atoms with E-state index in [1.54, 1.807) is 0 Å². The minimum atomic E-state index is -0.640. The zero-order chi connectivity index (χ0) is 12.4. The molecule has 3 nitrogen and oxygen atoms in total. The molecule has 1 N–H and O–H groups in total. The molecule has 0 aromatic heterocycles. The van der Waals surface area contributed by atoms with E-state index in [9.17, 15) is 9.18 Å². The van der Waals surface area contributed by atoms with Crippen LogP contribution >= 0.6 is 11.6 Å². The molecule has 88 valence electrons. The van der Waals surface area contributed by atoms with Gasteiger partial charge in [-0.2, -0.15) is 5.26 Å². The van der Waals surface area contributed by atoms with E-state index in [0.29, 0.717) is 0 Å². The number of hydrogen-bond donors (Lipinski definition) is 1. The van der Waals surface area contributed by atoms with Crippen LogP contribution < -0.4 is 5.32 Å². The number of carbonyl (C=O) groups is 1. The molecule has 1 aliphatic carbocycles. The monoisotopic (exact) mass is 252 g/mol. The van der Waals surface area contributed by atoms with Gasteiger partial charge in [0.2, 0.25) is 0 Å². The minimum Gasteiger partial charge on any atom is -0.336 e. The van der Waals surface area contributed by atoms with Crippen molar-refractivity contribution in [3.63, 3.8) is 0 Å². The van der Waals surface area contributed by atoms with Crippen molar-refractivity contribution >= 4 is 17.5 Å². The lowest BCUT2D eigenvalue weighted by molar-refractivity contribution is 0.0941. The maximum atomic E-state index is 13.2. The van der Waals surface area contributed by atoms with Crippen molar-refractivity contribution in [3.8, 4) is 6.07 Å². The SMILES string of the molecule is N#C[C@H](NC(=O)c1cccc(F)c1Cl)C1CC1. The van der Waals surface area contributed by atoms with Crippen molar-refractivity contribution in [1.82, 2.24) is 5.32 Å². The molecule has 0 saturated heterocycles. The fourth-order valence-electron chi connectivity index (χ4n) is 1.58. The van der Waals surface area contributed by atoms with Gasteiger partial charge in [0.15, 0.2) is 0 Å². The van der Waals surface area contributed by atoms with Crippen LogP contribution in [0.3, 0.4) is 0 Å². The Hall–Kier alpha value is -1.60. The Balaban J connectivity index is 2.14. The van der Waals surface area contributed by atoms with Gasteiger partial charge in [0.25, 0.3) is 5.91 Å². The zero-order valence-corrected chi connectivity index (χ0v) is 9.67. The maximum Gasteiger partial charge on any atom is 0.253 e. The first-order valence-electron chi connectivity index (χ1n) is 5.28. The highest BCUT2D eigenvalue weighted by molar-refractivity contribution is 6.34. The molecule has 1 amide bonds. The molecule has 1 aromatic carbocycles. The van der Waals surface area contributed by atoms with Gasteiger partial charge in [0, 0.05) is 0 Å². The van der Waals surface area contributed by atoms with E-state index < -0.39 is 17.8 Å². The molecule has 0 heterocycles. The Morgan fingerprint density at radius 2 is 2.29 bits per heavy atom. The van der Waals surface area contributed by atoms with Gasteiger partial charge in [0.05, 0.1) is 16.7 Å². The Morgan fingerprint density at radius 3 is 2.88 bits per heavy atom. The molecule has 1 saturated carbocycles. The second-order valence-corrected chi connectivity index (χ2v) is 4.40. The molecule has 1 atom stereocenters. The third-order valence-electron chi connectivity index (χ3n) is 2.72. The van der Waals surface area contributed by atoms with E-state index in [4.69, 9.17) is 16.9 Å². The van der Waals surface area contributed by atoms with Crippen molar-refractivity contribution in [1.29, 1.82) is 5.26 Å². The van der Waals surface area contributed by atoms with Crippen LogP contribution in [0.25, 0.3) is 0 Å². The van der Waals surface area contributed by atoms with Crippen LogP contribution in [0.2, 0.25) is 5.02 Å². The third-order valence-corrected chi connectivity index (χ3v) is 3.10. The molecule has 0 spiro atoms. The largest absolute Gasteiger partial charge is 0.336 e. The highest BCUT2D eigenvalue weighted by Crippen LogP contribution is 2.32. The second kappa shape index (κ2) is 4.72. The Morgan fingerprint density at radius 1 is 1.59 bits per heavy atom. The summed E-state index contributed by atoms with van der Waals surface area (Å²) >= 11 is 5.69. The summed E-state index contributed by atoms with van der Waals surface area (Å²) in [5, 5.41) is 11.2. The Bertz CT molecular complexity index is 494. The van der Waals surface area contributed by atoms with E-state index in [0.717, 1.165) is 12.8 Å². The lowest BCUT2D eigenvalue weighted by Gasteiger charge is -2.11. The molecule has 0 bridgehead atoms. The smallest absolute Gasteiger partial charge is 0.253 e.